The van der Waals surface area contributed by atoms with E-state index in [0.717, 1.165) is 24.7 Å². The van der Waals surface area contributed by atoms with Gasteiger partial charge in [0.05, 0.1) is 18.0 Å². The number of hydrogen-bond donors (Lipinski definition) is 3. The number of anilines is 1. The molecule has 1 aliphatic rings. The first-order valence-electron chi connectivity index (χ1n) is 9.78. The van der Waals surface area contributed by atoms with Crippen molar-refractivity contribution in [3.8, 4) is 5.69 Å². The molecule has 0 bridgehead atoms. The van der Waals surface area contributed by atoms with Crippen LogP contribution in [0, 0.1) is 5.92 Å². The number of aliphatic hydroxyl groups is 1. The van der Waals surface area contributed by atoms with E-state index < -0.39 is 6.10 Å². The lowest BCUT2D eigenvalue weighted by Crippen LogP contribution is -2.40. The number of hydrogen-bond acceptors (Lipinski definition) is 6. The van der Waals surface area contributed by atoms with Crippen molar-refractivity contribution in [3.63, 3.8) is 0 Å². The molecule has 1 aromatic carbocycles. The van der Waals surface area contributed by atoms with E-state index >= 15 is 0 Å². The Bertz CT molecular complexity index is 975. The van der Waals surface area contributed by atoms with E-state index in [1.807, 2.05) is 30.3 Å². The van der Waals surface area contributed by atoms with Crippen molar-refractivity contribution in [2.75, 3.05) is 31.5 Å². The lowest BCUT2D eigenvalue weighted by atomic mass is 9.99. The molecule has 0 radical (unpaired) electrons. The highest BCUT2D eigenvalue weighted by atomic mass is 16.3. The Morgan fingerprint density at radius 1 is 1.29 bits per heavy atom. The minimum absolute atomic E-state index is 0.255. The molecule has 3 aromatic rings. The van der Waals surface area contributed by atoms with Crippen molar-refractivity contribution < 1.29 is 5.11 Å². The molecule has 3 N–H and O–H groups in total. The molecule has 28 heavy (non-hydrogen) atoms. The Morgan fingerprint density at radius 2 is 2.04 bits per heavy atom. The maximum Gasteiger partial charge on any atom is 0.263 e. The van der Waals surface area contributed by atoms with E-state index in [0.29, 0.717) is 30.1 Å². The van der Waals surface area contributed by atoms with Crippen molar-refractivity contribution in [2.24, 2.45) is 5.92 Å². The van der Waals surface area contributed by atoms with Gasteiger partial charge in [0, 0.05) is 13.1 Å². The van der Waals surface area contributed by atoms with Crippen LogP contribution in [-0.4, -0.2) is 62.0 Å². The monoisotopic (exact) mass is 382 g/mol. The van der Waals surface area contributed by atoms with Gasteiger partial charge in [-0.25, -0.2) is 4.68 Å². The van der Waals surface area contributed by atoms with Gasteiger partial charge in [0.2, 0.25) is 5.95 Å². The van der Waals surface area contributed by atoms with Crippen LogP contribution in [-0.2, 0) is 0 Å². The average molecular weight is 382 g/mol. The maximum absolute atomic E-state index is 12.4. The number of fused-ring (bicyclic) bond motifs is 1. The van der Waals surface area contributed by atoms with Gasteiger partial charge < -0.3 is 15.3 Å². The van der Waals surface area contributed by atoms with Crippen LogP contribution in [0.1, 0.15) is 19.8 Å². The Hall–Kier alpha value is -2.71. The van der Waals surface area contributed by atoms with Gasteiger partial charge in [-0.1, -0.05) is 25.1 Å². The highest BCUT2D eigenvalue weighted by molar-refractivity contribution is 5.76. The number of β-amino-alcohol motifs (C(OH)–C–C–N with tert-alkyl or cyclic N) is 1. The van der Waals surface area contributed by atoms with Crippen LogP contribution in [0.15, 0.2) is 41.3 Å². The molecule has 148 valence electrons. The first-order chi connectivity index (χ1) is 13.6. The third-order valence-corrected chi connectivity index (χ3v) is 5.29. The van der Waals surface area contributed by atoms with Crippen LogP contribution in [0.3, 0.4) is 0 Å². The molecule has 8 heteroatoms. The molecule has 4 rings (SSSR count). The molecule has 1 fully saturated rings. The van der Waals surface area contributed by atoms with Crippen LogP contribution in [0.25, 0.3) is 16.7 Å². The van der Waals surface area contributed by atoms with Crippen molar-refractivity contribution >= 4 is 17.0 Å². The molecule has 3 heterocycles. The number of nitrogens with one attached hydrogen (secondary N) is 2. The summed E-state index contributed by atoms with van der Waals surface area (Å²) in [6, 6.07) is 9.56. The number of H-pyrrole nitrogens is 1. The van der Waals surface area contributed by atoms with E-state index in [2.05, 4.69) is 32.2 Å². The zero-order valence-corrected chi connectivity index (χ0v) is 16.0. The Balaban J connectivity index is 1.46. The fourth-order valence-electron chi connectivity index (χ4n) is 3.58. The predicted molar refractivity (Wildman–Crippen MR) is 109 cm³/mol. The number of nitrogens with zero attached hydrogens (tertiary/aromatic N) is 4. The maximum atomic E-state index is 12.4. The molecule has 0 spiro atoms. The zero-order valence-electron chi connectivity index (χ0n) is 16.0. The standard InChI is InChI=1S/C20H26N6O2/c1-14-7-9-25(10-8-14)13-16(27)11-21-20-23-18-17(19(28)24-20)12-22-26(18)15-5-3-2-4-6-15/h2-6,12,14,16,27H,7-11,13H2,1H3,(H2,21,23,24,28). The third kappa shape index (κ3) is 4.07. The lowest BCUT2D eigenvalue weighted by molar-refractivity contribution is 0.0989. The molecule has 0 saturated carbocycles. The molecule has 1 aliphatic heterocycles. The molecule has 1 unspecified atom stereocenters. The molecule has 1 saturated heterocycles. The average Bonchev–Trinajstić information content (AvgIpc) is 3.13. The minimum Gasteiger partial charge on any atom is -0.390 e. The van der Waals surface area contributed by atoms with Crippen molar-refractivity contribution in [2.45, 2.75) is 25.9 Å². The SMILES string of the molecule is CC1CCN(CC(O)CNc2nc3c(cnn3-c3ccccc3)c(=O)[nH]2)CC1. The van der Waals surface area contributed by atoms with Gasteiger partial charge >= 0.3 is 0 Å². The third-order valence-electron chi connectivity index (χ3n) is 5.29. The largest absolute Gasteiger partial charge is 0.390 e. The Morgan fingerprint density at radius 3 is 2.79 bits per heavy atom. The molecule has 0 aliphatic carbocycles. The van der Waals surface area contributed by atoms with E-state index in [1.54, 1.807) is 4.68 Å². The zero-order chi connectivity index (χ0) is 19.5. The fourth-order valence-corrected chi connectivity index (χ4v) is 3.58. The normalized spacial score (nSPS) is 17.1. The van der Waals surface area contributed by atoms with Crippen LogP contribution < -0.4 is 10.9 Å². The second-order valence-corrected chi connectivity index (χ2v) is 7.56. The topological polar surface area (TPSA) is 99.1 Å². The predicted octanol–water partition coefficient (Wildman–Crippen LogP) is 1.61. The highest BCUT2D eigenvalue weighted by Gasteiger charge is 2.18. The van der Waals surface area contributed by atoms with Gasteiger partial charge in [-0.05, 0) is 44.0 Å². The second-order valence-electron chi connectivity index (χ2n) is 7.56. The van der Waals surface area contributed by atoms with E-state index in [9.17, 15) is 9.90 Å². The van der Waals surface area contributed by atoms with Gasteiger partial charge in [0.25, 0.3) is 5.56 Å². The fraction of sp³-hybridized carbons (Fsp3) is 0.450. The van der Waals surface area contributed by atoms with Gasteiger partial charge in [-0.3, -0.25) is 9.78 Å². The number of benzene rings is 1. The van der Waals surface area contributed by atoms with Gasteiger partial charge in [-0.2, -0.15) is 10.1 Å². The minimum atomic E-state index is -0.534. The van der Waals surface area contributed by atoms with Crippen molar-refractivity contribution in [1.29, 1.82) is 0 Å². The summed E-state index contributed by atoms with van der Waals surface area (Å²) < 4.78 is 1.64. The summed E-state index contributed by atoms with van der Waals surface area (Å²) in [6.07, 6.45) is 3.34. The molecule has 2 aromatic heterocycles. The molecule has 0 amide bonds. The van der Waals surface area contributed by atoms with Crippen molar-refractivity contribution in [1.82, 2.24) is 24.6 Å². The number of rotatable bonds is 6. The molecular formula is C20H26N6O2. The number of aliphatic hydroxyl groups excluding tert-OH is 1. The first kappa shape index (κ1) is 18.6. The molecule has 1 atom stereocenters. The van der Waals surface area contributed by atoms with Gasteiger partial charge in [-0.15, -0.1) is 0 Å². The number of para-hydroxylation sites is 1. The second kappa shape index (κ2) is 8.12. The van der Waals surface area contributed by atoms with Crippen LogP contribution in [0.5, 0.6) is 0 Å². The summed E-state index contributed by atoms with van der Waals surface area (Å²) in [4.78, 5) is 21.9. The Labute approximate surface area is 163 Å². The van der Waals surface area contributed by atoms with Gasteiger partial charge in [0.15, 0.2) is 5.65 Å². The number of aromatic amines is 1. The van der Waals surface area contributed by atoms with E-state index in [-0.39, 0.29) is 5.56 Å². The van der Waals surface area contributed by atoms with Crippen molar-refractivity contribution in [3.05, 3.63) is 46.9 Å². The summed E-state index contributed by atoms with van der Waals surface area (Å²) >= 11 is 0. The Kier molecular flexibility index (Phi) is 5.40. The molecular weight excluding hydrogens is 356 g/mol. The number of aromatic nitrogens is 4. The number of piperidine rings is 1. The lowest BCUT2D eigenvalue weighted by Gasteiger charge is -2.31. The quantitative estimate of drug-likeness (QED) is 0.599. The van der Waals surface area contributed by atoms with E-state index in [1.165, 1.54) is 19.0 Å². The summed E-state index contributed by atoms with van der Waals surface area (Å²) in [5.74, 6) is 1.10. The van der Waals surface area contributed by atoms with Crippen LogP contribution >= 0.6 is 0 Å². The summed E-state index contributed by atoms with van der Waals surface area (Å²) in [7, 11) is 0. The smallest absolute Gasteiger partial charge is 0.263 e. The summed E-state index contributed by atoms with van der Waals surface area (Å²) in [5, 5.41) is 18.1. The number of likely N-dealkylation sites (tertiary alicyclic amines) is 1. The van der Waals surface area contributed by atoms with Gasteiger partial charge in [0.1, 0.15) is 5.39 Å². The summed E-state index contributed by atoms with van der Waals surface area (Å²) in [5.41, 5.74) is 1.06. The molecule has 8 nitrogen and oxygen atoms in total. The van der Waals surface area contributed by atoms with E-state index in [4.69, 9.17) is 0 Å². The van der Waals surface area contributed by atoms with Crippen LogP contribution in [0.2, 0.25) is 0 Å². The summed E-state index contributed by atoms with van der Waals surface area (Å²) in [6.45, 7) is 5.26. The highest BCUT2D eigenvalue weighted by Crippen LogP contribution is 2.16. The van der Waals surface area contributed by atoms with Crippen LogP contribution in [0.4, 0.5) is 5.95 Å². The first-order valence-corrected chi connectivity index (χ1v) is 9.78.